The van der Waals surface area contributed by atoms with Crippen molar-refractivity contribution in [2.45, 2.75) is 58.0 Å². The van der Waals surface area contributed by atoms with Crippen molar-refractivity contribution in [2.75, 3.05) is 18.4 Å². The summed E-state index contributed by atoms with van der Waals surface area (Å²) in [6.07, 6.45) is 0.963. The van der Waals surface area contributed by atoms with E-state index in [1.807, 2.05) is 69.4 Å². The number of aryl methyl sites for hydroxylation is 1. The van der Waals surface area contributed by atoms with Crippen molar-refractivity contribution in [2.24, 2.45) is 0 Å². The number of amides is 1. The summed E-state index contributed by atoms with van der Waals surface area (Å²) in [5, 5.41) is 4.92. The summed E-state index contributed by atoms with van der Waals surface area (Å²) >= 11 is 0. The van der Waals surface area contributed by atoms with Gasteiger partial charge in [0.15, 0.2) is 6.04 Å². The Balaban J connectivity index is 2.00. The molecule has 0 aliphatic heterocycles. The highest BCUT2D eigenvalue weighted by Gasteiger charge is 2.23. The molecule has 164 valence electrons. The van der Waals surface area contributed by atoms with Gasteiger partial charge < -0.3 is 10.6 Å². The number of nitrogens with two attached hydrogens (primary N) is 1. The largest absolute Gasteiger partial charge is 0.330 e. The number of quaternary nitrogens is 1. The van der Waals surface area contributed by atoms with E-state index >= 15 is 0 Å². The number of nitrogens with one attached hydrogen (secondary N) is 1. The third kappa shape index (κ3) is 5.90. The van der Waals surface area contributed by atoms with Gasteiger partial charge in [0, 0.05) is 24.3 Å². The first-order valence-electron chi connectivity index (χ1n) is 10.6. The molecule has 2 rings (SSSR count). The minimum absolute atomic E-state index is 0.0124. The van der Waals surface area contributed by atoms with E-state index in [1.54, 1.807) is 12.1 Å². The van der Waals surface area contributed by atoms with E-state index in [0.29, 0.717) is 18.0 Å². The standard InChI is InChI=1S/C23H33N3O3S/c1-6-19-9-13-21(14-10-19)25-23(27)18(5)24-17(4)20-11-15-22(16-12-20)30(28,29)26(7-2)8-3/h9-18,24H,6-8H2,1-5H3,(H,25,27)/p+1/t17-,18+/m1/s1. The van der Waals surface area contributed by atoms with Crippen LogP contribution >= 0.6 is 0 Å². The van der Waals surface area contributed by atoms with E-state index in [9.17, 15) is 13.2 Å². The lowest BCUT2D eigenvalue weighted by molar-refractivity contribution is -0.709. The summed E-state index contributed by atoms with van der Waals surface area (Å²) < 4.78 is 26.7. The van der Waals surface area contributed by atoms with Crippen molar-refractivity contribution in [3.8, 4) is 0 Å². The molecule has 0 fully saturated rings. The number of anilines is 1. The van der Waals surface area contributed by atoms with Crippen LogP contribution < -0.4 is 10.6 Å². The lowest BCUT2D eigenvalue weighted by Crippen LogP contribution is -2.91. The topological polar surface area (TPSA) is 83.1 Å². The van der Waals surface area contributed by atoms with Crippen molar-refractivity contribution in [1.82, 2.24) is 4.31 Å². The molecule has 7 heteroatoms. The van der Waals surface area contributed by atoms with Crippen LogP contribution in [-0.4, -0.2) is 37.8 Å². The number of sulfonamides is 1. The number of hydrogen-bond donors (Lipinski definition) is 2. The smallest absolute Gasteiger partial charge is 0.282 e. The molecular weight excluding hydrogens is 398 g/mol. The van der Waals surface area contributed by atoms with Gasteiger partial charge in [0.2, 0.25) is 10.0 Å². The molecule has 3 N–H and O–H groups in total. The van der Waals surface area contributed by atoms with Gasteiger partial charge in [-0.25, -0.2) is 8.42 Å². The van der Waals surface area contributed by atoms with Crippen LogP contribution in [0.2, 0.25) is 0 Å². The number of rotatable bonds is 10. The fraction of sp³-hybridized carbons (Fsp3) is 0.435. The molecule has 6 nitrogen and oxygen atoms in total. The average molecular weight is 433 g/mol. The Morgan fingerprint density at radius 2 is 1.53 bits per heavy atom. The second-order valence-corrected chi connectivity index (χ2v) is 9.41. The lowest BCUT2D eigenvalue weighted by Gasteiger charge is -2.20. The quantitative estimate of drug-likeness (QED) is 0.606. The fourth-order valence-corrected chi connectivity index (χ4v) is 4.83. The minimum Gasteiger partial charge on any atom is -0.330 e. The molecule has 2 atom stereocenters. The second kappa shape index (κ2) is 10.7. The van der Waals surface area contributed by atoms with Gasteiger partial charge in [-0.15, -0.1) is 0 Å². The van der Waals surface area contributed by atoms with E-state index in [4.69, 9.17) is 0 Å². The Morgan fingerprint density at radius 3 is 2.03 bits per heavy atom. The Morgan fingerprint density at radius 1 is 0.967 bits per heavy atom. The van der Waals surface area contributed by atoms with Crippen LogP contribution in [0.15, 0.2) is 53.4 Å². The predicted octanol–water partition coefficient (Wildman–Crippen LogP) is 2.93. The van der Waals surface area contributed by atoms with E-state index < -0.39 is 10.0 Å². The number of carbonyl (C=O) groups is 1. The number of nitrogens with zero attached hydrogens (tertiary/aromatic N) is 1. The highest BCUT2D eigenvalue weighted by molar-refractivity contribution is 7.89. The van der Waals surface area contributed by atoms with Gasteiger partial charge in [0.1, 0.15) is 6.04 Å². The zero-order chi connectivity index (χ0) is 22.3. The molecule has 0 saturated carbocycles. The molecule has 0 radical (unpaired) electrons. The van der Waals surface area contributed by atoms with Gasteiger partial charge in [-0.05, 0) is 50.1 Å². The van der Waals surface area contributed by atoms with Crippen LogP contribution in [0.5, 0.6) is 0 Å². The van der Waals surface area contributed by atoms with Crippen molar-refractivity contribution in [1.29, 1.82) is 0 Å². The van der Waals surface area contributed by atoms with Crippen molar-refractivity contribution < 1.29 is 18.5 Å². The molecule has 30 heavy (non-hydrogen) atoms. The van der Waals surface area contributed by atoms with Crippen molar-refractivity contribution >= 4 is 21.6 Å². The number of benzene rings is 2. The van der Waals surface area contributed by atoms with Crippen LogP contribution in [0, 0.1) is 0 Å². The van der Waals surface area contributed by atoms with Gasteiger partial charge in [-0.2, -0.15) is 4.31 Å². The molecule has 2 aromatic rings. The van der Waals surface area contributed by atoms with Gasteiger partial charge in [-0.3, -0.25) is 4.79 Å². The third-order valence-electron chi connectivity index (χ3n) is 5.37. The molecule has 0 spiro atoms. The first-order chi connectivity index (χ1) is 14.2. The molecule has 0 unspecified atom stereocenters. The Bertz CT molecular complexity index is 921. The molecule has 0 aromatic heterocycles. The van der Waals surface area contributed by atoms with Crippen LogP contribution in [-0.2, 0) is 21.2 Å². The van der Waals surface area contributed by atoms with Gasteiger partial charge in [0.25, 0.3) is 5.91 Å². The van der Waals surface area contributed by atoms with Gasteiger partial charge in [-0.1, -0.05) is 45.0 Å². The SMILES string of the molecule is CCc1ccc(NC(=O)[C@H](C)[NH2+][C@H](C)c2ccc(S(=O)(=O)N(CC)CC)cc2)cc1. The molecule has 2 aromatic carbocycles. The zero-order valence-electron chi connectivity index (χ0n) is 18.6. The summed E-state index contributed by atoms with van der Waals surface area (Å²) in [4.78, 5) is 12.8. The minimum atomic E-state index is -3.46. The average Bonchev–Trinajstić information content (AvgIpc) is 2.75. The molecular formula is C23H34N3O3S+. The molecule has 0 aliphatic carbocycles. The van der Waals surface area contributed by atoms with E-state index in [1.165, 1.54) is 9.87 Å². The highest BCUT2D eigenvalue weighted by Crippen LogP contribution is 2.18. The summed E-state index contributed by atoms with van der Waals surface area (Å²) in [6.45, 7) is 10.5. The third-order valence-corrected chi connectivity index (χ3v) is 7.43. The highest BCUT2D eigenvalue weighted by atomic mass is 32.2. The normalized spacial score (nSPS) is 13.8. The zero-order valence-corrected chi connectivity index (χ0v) is 19.4. The molecule has 0 saturated heterocycles. The Hall–Kier alpha value is -2.22. The van der Waals surface area contributed by atoms with Gasteiger partial charge in [0.05, 0.1) is 4.90 Å². The Labute approximate surface area is 180 Å². The molecule has 0 bridgehead atoms. The summed E-state index contributed by atoms with van der Waals surface area (Å²) in [6, 6.07) is 14.5. The Kier molecular flexibility index (Phi) is 8.58. The maximum atomic E-state index is 12.6. The summed E-state index contributed by atoms with van der Waals surface area (Å²) in [5.74, 6) is -0.0631. The van der Waals surface area contributed by atoms with Crippen molar-refractivity contribution in [3.05, 3.63) is 59.7 Å². The maximum Gasteiger partial charge on any atom is 0.282 e. The molecule has 0 aliphatic rings. The van der Waals surface area contributed by atoms with Crippen LogP contribution in [0.25, 0.3) is 0 Å². The maximum absolute atomic E-state index is 12.6. The monoisotopic (exact) mass is 432 g/mol. The number of carbonyl (C=O) groups excluding carboxylic acids is 1. The summed E-state index contributed by atoms with van der Waals surface area (Å²) in [7, 11) is -3.46. The molecule has 1 amide bonds. The fourth-order valence-electron chi connectivity index (χ4n) is 3.37. The predicted molar refractivity (Wildman–Crippen MR) is 121 cm³/mol. The summed E-state index contributed by atoms with van der Waals surface area (Å²) in [5.41, 5.74) is 2.99. The number of hydrogen-bond acceptors (Lipinski definition) is 3. The van der Waals surface area contributed by atoms with E-state index in [0.717, 1.165) is 17.7 Å². The molecule has 0 heterocycles. The van der Waals surface area contributed by atoms with Crippen LogP contribution in [0.4, 0.5) is 5.69 Å². The van der Waals surface area contributed by atoms with E-state index in [2.05, 4.69) is 12.2 Å². The first-order valence-corrected chi connectivity index (χ1v) is 12.0. The van der Waals surface area contributed by atoms with Crippen molar-refractivity contribution in [3.63, 3.8) is 0 Å². The van der Waals surface area contributed by atoms with Gasteiger partial charge >= 0.3 is 0 Å². The first kappa shape index (κ1) is 24.1. The second-order valence-electron chi connectivity index (χ2n) is 7.47. The van der Waals surface area contributed by atoms with Crippen LogP contribution in [0.3, 0.4) is 0 Å². The lowest BCUT2D eigenvalue weighted by atomic mass is 10.1. The van der Waals surface area contributed by atoms with Crippen LogP contribution in [0.1, 0.15) is 51.8 Å². The van der Waals surface area contributed by atoms with E-state index in [-0.39, 0.29) is 18.0 Å².